The highest BCUT2D eigenvalue weighted by atomic mass is 19.1. The SMILES string of the molecule is CCCc1nc2c(cc1-c1cccc(C(=O)NC34CC(C3)C4)c1)C(C(=O)NC)C(c1ccc(F)cc1)O2. The van der Waals surface area contributed by atoms with Gasteiger partial charge in [-0.2, -0.15) is 0 Å². The third-order valence-corrected chi connectivity index (χ3v) is 8.04. The predicted molar refractivity (Wildman–Crippen MR) is 138 cm³/mol. The van der Waals surface area contributed by atoms with E-state index in [4.69, 9.17) is 9.72 Å². The third kappa shape index (κ3) is 4.06. The predicted octanol–water partition coefficient (Wildman–Crippen LogP) is 5.09. The second-order valence-corrected chi connectivity index (χ2v) is 10.6. The summed E-state index contributed by atoms with van der Waals surface area (Å²) in [5, 5.41) is 5.98. The van der Waals surface area contributed by atoms with Crippen LogP contribution < -0.4 is 15.4 Å². The summed E-state index contributed by atoms with van der Waals surface area (Å²) >= 11 is 0. The van der Waals surface area contributed by atoms with E-state index in [0.29, 0.717) is 22.6 Å². The van der Waals surface area contributed by atoms with E-state index in [0.717, 1.165) is 54.8 Å². The summed E-state index contributed by atoms with van der Waals surface area (Å²) in [4.78, 5) is 31.0. The van der Waals surface area contributed by atoms with Gasteiger partial charge in [-0.1, -0.05) is 37.6 Å². The second-order valence-electron chi connectivity index (χ2n) is 10.6. The van der Waals surface area contributed by atoms with Gasteiger partial charge in [0.05, 0.1) is 5.69 Å². The minimum atomic E-state index is -0.636. The summed E-state index contributed by atoms with van der Waals surface area (Å²) < 4.78 is 19.8. The minimum Gasteiger partial charge on any atom is -0.468 e. The molecule has 4 aliphatic rings. The molecule has 7 heteroatoms. The average molecular weight is 500 g/mol. The fraction of sp³-hybridized carbons (Fsp3) is 0.367. The van der Waals surface area contributed by atoms with Gasteiger partial charge in [0.15, 0.2) is 0 Å². The number of halogens is 1. The second kappa shape index (κ2) is 8.98. The summed E-state index contributed by atoms with van der Waals surface area (Å²) in [5.41, 5.74) is 4.64. The number of rotatable bonds is 7. The van der Waals surface area contributed by atoms with E-state index in [-0.39, 0.29) is 23.2 Å². The van der Waals surface area contributed by atoms with Crippen LogP contribution >= 0.6 is 0 Å². The van der Waals surface area contributed by atoms with Crippen LogP contribution in [-0.4, -0.2) is 29.4 Å². The number of aromatic nitrogens is 1. The number of hydrogen-bond donors (Lipinski definition) is 2. The van der Waals surface area contributed by atoms with Crippen LogP contribution in [0.3, 0.4) is 0 Å². The lowest BCUT2D eigenvalue weighted by molar-refractivity contribution is -0.123. The van der Waals surface area contributed by atoms with Gasteiger partial charge in [0.25, 0.3) is 5.91 Å². The Morgan fingerprint density at radius 3 is 2.51 bits per heavy atom. The molecule has 6 nitrogen and oxygen atoms in total. The Balaban J connectivity index is 1.38. The van der Waals surface area contributed by atoms with Crippen molar-refractivity contribution in [2.45, 2.75) is 56.6 Å². The van der Waals surface area contributed by atoms with Crippen molar-refractivity contribution in [2.75, 3.05) is 7.05 Å². The molecule has 7 rings (SSSR count). The van der Waals surface area contributed by atoms with Crippen molar-refractivity contribution in [3.05, 3.63) is 82.8 Å². The first-order valence-corrected chi connectivity index (χ1v) is 13.0. The molecule has 3 aromatic rings. The smallest absolute Gasteiger partial charge is 0.251 e. The maximum atomic E-state index is 13.6. The van der Waals surface area contributed by atoms with Crippen molar-refractivity contribution in [2.24, 2.45) is 5.92 Å². The highest BCUT2D eigenvalue weighted by Crippen LogP contribution is 2.57. The van der Waals surface area contributed by atoms with Crippen LogP contribution in [0.25, 0.3) is 11.1 Å². The van der Waals surface area contributed by atoms with Gasteiger partial charge in [0, 0.05) is 29.3 Å². The van der Waals surface area contributed by atoms with Gasteiger partial charge >= 0.3 is 0 Å². The van der Waals surface area contributed by atoms with Crippen molar-refractivity contribution < 1.29 is 18.7 Å². The van der Waals surface area contributed by atoms with Gasteiger partial charge in [-0.05, 0) is 73.1 Å². The molecule has 3 fully saturated rings. The Hall–Kier alpha value is -3.74. The molecule has 0 spiro atoms. The maximum absolute atomic E-state index is 13.6. The van der Waals surface area contributed by atoms with Crippen molar-refractivity contribution >= 4 is 11.8 Å². The molecule has 2 heterocycles. The Labute approximate surface area is 215 Å². The number of amides is 2. The molecule has 2 N–H and O–H groups in total. The lowest BCUT2D eigenvalue weighted by atomic mass is 9.50. The molecule has 2 atom stereocenters. The lowest BCUT2D eigenvalue weighted by Gasteiger charge is -2.61. The van der Waals surface area contributed by atoms with Crippen molar-refractivity contribution in [3.8, 4) is 17.0 Å². The Morgan fingerprint density at radius 2 is 1.86 bits per heavy atom. The van der Waals surface area contributed by atoms with Crippen LogP contribution in [0, 0.1) is 11.7 Å². The van der Waals surface area contributed by atoms with Gasteiger partial charge < -0.3 is 15.4 Å². The number of ether oxygens (including phenoxy) is 1. The molecule has 3 aliphatic carbocycles. The third-order valence-electron chi connectivity index (χ3n) is 8.04. The Kier molecular flexibility index (Phi) is 5.74. The van der Waals surface area contributed by atoms with Gasteiger partial charge in [-0.25, -0.2) is 9.37 Å². The molecule has 2 bridgehead atoms. The van der Waals surface area contributed by atoms with E-state index in [1.54, 1.807) is 19.2 Å². The molecule has 1 aromatic heterocycles. The number of fused-ring (bicyclic) bond motifs is 1. The molecule has 37 heavy (non-hydrogen) atoms. The first-order chi connectivity index (χ1) is 17.9. The normalized spacial score (nSPS) is 24.8. The van der Waals surface area contributed by atoms with Crippen LogP contribution in [0.1, 0.15) is 71.8 Å². The molecule has 2 aromatic carbocycles. The molecule has 1 aliphatic heterocycles. The summed E-state index contributed by atoms with van der Waals surface area (Å²) in [6.07, 6.45) is 4.25. The maximum Gasteiger partial charge on any atom is 0.251 e. The van der Waals surface area contributed by atoms with E-state index >= 15 is 0 Å². The fourth-order valence-corrected chi connectivity index (χ4v) is 6.01. The highest BCUT2D eigenvalue weighted by molar-refractivity contribution is 5.96. The molecule has 0 saturated heterocycles. The number of likely N-dealkylation sites (N-methyl/N-ethyl adjacent to an activating group) is 1. The standard InChI is InChI=1S/C30H30FN3O3/c1-3-5-24-22(19-6-4-7-20(12-19)27(35)34-30-14-17(15-30)16-30)13-23-25(28(36)32-2)26(37-29(23)33-24)18-8-10-21(31)11-9-18/h4,6-13,17,25-26H,3,5,14-16H2,1-2H3,(H,32,36)(H,34,35). The van der Waals surface area contributed by atoms with Crippen LogP contribution in [-0.2, 0) is 11.2 Å². The Bertz CT molecular complexity index is 1370. The summed E-state index contributed by atoms with van der Waals surface area (Å²) in [5.74, 6) is -0.0186. The number of aryl methyl sites for hydroxylation is 1. The molecule has 0 radical (unpaired) electrons. The zero-order valence-corrected chi connectivity index (χ0v) is 21.0. The number of benzene rings is 2. The van der Waals surface area contributed by atoms with Crippen LogP contribution in [0.15, 0.2) is 54.6 Å². The van der Waals surface area contributed by atoms with Crippen molar-refractivity contribution in [1.29, 1.82) is 0 Å². The number of carbonyl (C=O) groups is 2. The van der Waals surface area contributed by atoms with Crippen LogP contribution in [0.2, 0.25) is 0 Å². The van der Waals surface area contributed by atoms with E-state index < -0.39 is 12.0 Å². The monoisotopic (exact) mass is 499 g/mol. The topological polar surface area (TPSA) is 80.3 Å². The molecular formula is C30H30FN3O3. The zero-order chi connectivity index (χ0) is 25.7. The van der Waals surface area contributed by atoms with Crippen molar-refractivity contribution in [3.63, 3.8) is 0 Å². The number of pyridine rings is 1. The molecule has 3 saturated carbocycles. The first kappa shape index (κ1) is 23.6. The lowest BCUT2D eigenvalue weighted by Crippen LogP contribution is -2.68. The summed E-state index contributed by atoms with van der Waals surface area (Å²) in [7, 11) is 1.59. The minimum absolute atomic E-state index is 0.00763. The number of carbonyl (C=O) groups excluding carboxylic acids is 2. The Morgan fingerprint density at radius 1 is 1.11 bits per heavy atom. The molecule has 190 valence electrons. The van der Waals surface area contributed by atoms with Crippen LogP contribution in [0.5, 0.6) is 5.88 Å². The van der Waals surface area contributed by atoms with Crippen LogP contribution in [0.4, 0.5) is 4.39 Å². The molecular weight excluding hydrogens is 469 g/mol. The van der Waals surface area contributed by atoms with Crippen molar-refractivity contribution in [1.82, 2.24) is 15.6 Å². The summed E-state index contributed by atoms with van der Waals surface area (Å²) in [6, 6.07) is 15.6. The van der Waals surface area contributed by atoms with Gasteiger partial charge in [-0.15, -0.1) is 0 Å². The van der Waals surface area contributed by atoms with E-state index in [9.17, 15) is 14.0 Å². The molecule has 2 amide bonds. The van der Waals surface area contributed by atoms with E-state index in [1.807, 2.05) is 30.3 Å². The first-order valence-electron chi connectivity index (χ1n) is 13.0. The van der Waals surface area contributed by atoms with Gasteiger partial charge in [-0.3, -0.25) is 9.59 Å². The highest BCUT2D eigenvalue weighted by Gasteiger charge is 2.57. The number of nitrogens with one attached hydrogen (secondary N) is 2. The average Bonchev–Trinajstić information content (AvgIpc) is 3.23. The van der Waals surface area contributed by atoms with Gasteiger partial charge in [0.2, 0.25) is 11.8 Å². The van der Waals surface area contributed by atoms with E-state index in [2.05, 4.69) is 17.6 Å². The van der Waals surface area contributed by atoms with Gasteiger partial charge in [0.1, 0.15) is 17.8 Å². The molecule has 2 unspecified atom stereocenters. The van der Waals surface area contributed by atoms with E-state index in [1.165, 1.54) is 12.1 Å². The number of nitrogens with zero attached hydrogens (tertiary/aromatic N) is 1. The number of hydrogen-bond acceptors (Lipinski definition) is 4. The fourth-order valence-electron chi connectivity index (χ4n) is 6.01. The largest absolute Gasteiger partial charge is 0.468 e. The quantitative estimate of drug-likeness (QED) is 0.475. The summed E-state index contributed by atoms with van der Waals surface area (Å²) in [6.45, 7) is 2.09. The zero-order valence-electron chi connectivity index (χ0n) is 21.0.